The molecule has 2 fully saturated rings. The van der Waals surface area contributed by atoms with E-state index in [1.165, 1.54) is 0 Å². The zero-order valence-corrected chi connectivity index (χ0v) is 14.9. The Morgan fingerprint density at radius 1 is 1.33 bits per heavy atom. The molecule has 0 spiro atoms. The van der Waals surface area contributed by atoms with E-state index in [2.05, 4.69) is 0 Å². The van der Waals surface area contributed by atoms with Crippen molar-refractivity contribution in [1.29, 1.82) is 0 Å². The third kappa shape index (κ3) is 3.53. The summed E-state index contributed by atoms with van der Waals surface area (Å²) in [5.41, 5.74) is -0.551. The van der Waals surface area contributed by atoms with Crippen LogP contribution in [0.2, 0.25) is 0 Å². The molecule has 21 heavy (non-hydrogen) atoms. The van der Waals surface area contributed by atoms with Crippen molar-refractivity contribution in [3.8, 4) is 0 Å². The molecule has 2 aliphatic rings. The van der Waals surface area contributed by atoms with Gasteiger partial charge < -0.3 is 18.7 Å². The third-order valence-corrected chi connectivity index (χ3v) is 6.98. The first kappa shape index (κ1) is 17.4. The van der Waals surface area contributed by atoms with Gasteiger partial charge in [-0.3, -0.25) is 4.57 Å². The minimum absolute atomic E-state index is 0.0165. The maximum atomic E-state index is 12.7. The van der Waals surface area contributed by atoms with Gasteiger partial charge in [0.15, 0.2) is 0 Å². The molecule has 5 nitrogen and oxygen atoms in total. The molecule has 124 valence electrons. The molecular weight excluding hydrogens is 291 g/mol. The second-order valence-corrected chi connectivity index (χ2v) is 9.92. The van der Waals surface area contributed by atoms with E-state index < -0.39 is 13.0 Å². The van der Waals surface area contributed by atoms with Gasteiger partial charge in [0.05, 0.1) is 25.4 Å². The van der Waals surface area contributed by atoms with Crippen LogP contribution in [0.1, 0.15) is 41.0 Å². The molecule has 2 aliphatic heterocycles. The van der Waals surface area contributed by atoms with Crippen LogP contribution in [-0.2, 0) is 23.3 Å². The molecule has 0 saturated carbocycles. The van der Waals surface area contributed by atoms with E-state index >= 15 is 0 Å². The molecule has 0 aromatic rings. The van der Waals surface area contributed by atoms with Crippen LogP contribution >= 0.6 is 7.37 Å². The number of ether oxygens (including phenoxy) is 3. The summed E-state index contributed by atoms with van der Waals surface area (Å²) >= 11 is 0. The lowest BCUT2D eigenvalue weighted by atomic mass is 9.90. The molecule has 6 heteroatoms. The second-order valence-electron chi connectivity index (χ2n) is 6.86. The maximum absolute atomic E-state index is 12.7. The van der Waals surface area contributed by atoms with Crippen molar-refractivity contribution in [3.05, 3.63) is 0 Å². The standard InChI is InChI=1S/C15H29O5P/c1-10(2)18-9-15-7-8-17-13(12(5)19-15)14(15)20-21(6,16)11(3)4/h10-14H,7-9H2,1-6H3/t12-,13+,14?,15+,21?/m0/s1. The summed E-state index contributed by atoms with van der Waals surface area (Å²) in [4.78, 5) is 0. The highest BCUT2D eigenvalue weighted by molar-refractivity contribution is 7.58. The van der Waals surface area contributed by atoms with Gasteiger partial charge in [-0.2, -0.15) is 0 Å². The summed E-state index contributed by atoms with van der Waals surface area (Å²) < 4.78 is 36.6. The van der Waals surface area contributed by atoms with E-state index in [0.29, 0.717) is 19.6 Å². The third-order valence-electron chi connectivity index (χ3n) is 4.46. The van der Waals surface area contributed by atoms with Crippen molar-refractivity contribution >= 4 is 7.37 Å². The molecule has 0 aliphatic carbocycles. The average molecular weight is 320 g/mol. The molecule has 0 N–H and O–H groups in total. The summed E-state index contributed by atoms with van der Waals surface area (Å²) in [7, 11) is -2.70. The Labute approximate surface area is 128 Å². The van der Waals surface area contributed by atoms with Crippen LogP contribution < -0.4 is 0 Å². The summed E-state index contributed by atoms with van der Waals surface area (Å²) in [6.45, 7) is 12.6. The van der Waals surface area contributed by atoms with E-state index in [-0.39, 0.29) is 30.1 Å². The monoisotopic (exact) mass is 320 g/mol. The molecule has 0 aromatic carbocycles. The van der Waals surface area contributed by atoms with E-state index in [9.17, 15) is 4.57 Å². The van der Waals surface area contributed by atoms with Crippen molar-refractivity contribution in [2.45, 2.75) is 76.7 Å². The summed E-state index contributed by atoms with van der Waals surface area (Å²) in [6.07, 6.45) is 0.281. The van der Waals surface area contributed by atoms with Gasteiger partial charge in [-0.05, 0) is 20.8 Å². The van der Waals surface area contributed by atoms with Crippen molar-refractivity contribution < 1.29 is 23.3 Å². The minimum atomic E-state index is -2.70. The lowest BCUT2D eigenvalue weighted by Gasteiger charge is -2.40. The van der Waals surface area contributed by atoms with Crippen LogP contribution in [0.3, 0.4) is 0 Å². The molecule has 2 unspecified atom stereocenters. The lowest BCUT2D eigenvalue weighted by molar-refractivity contribution is -0.149. The fraction of sp³-hybridized carbons (Fsp3) is 1.00. The quantitative estimate of drug-likeness (QED) is 0.704. The fourth-order valence-electron chi connectivity index (χ4n) is 2.84. The van der Waals surface area contributed by atoms with Crippen molar-refractivity contribution in [2.75, 3.05) is 19.9 Å². The number of hydrogen-bond donors (Lipinski definition) is 0. The summed E-state index contributed by atoms with van der Waals surface area (Å²) in [6, 6.07) is 0. The van der Waals surface area contributed by atoms with Gasteiger partial charge in [-0.25, -0.2) is 0 Å². The first-order valence-electron chi connectivity index (χ1n) is 7.84. The molecule has 2 heterocycles. The normalized spacial score (nSPS) is 39.0. The van der Waals surface area contributed by atoms with Crippen molar-refractivity contribution in [3.63, 3.8) is 0 Å². The van der Waals surface area contributed by atoms with Crippen LogP contribution in [0.4, 0.5) is 0 Å². The van der Waals surface area contributed by atoms with Gasteiger partial charge in [-0.1, -0.05) is 13.8 Å². The maximum Gasteiger partial charge on any atom is 0.203 e. The largest absolute Gasteiger partial charge is 0.376 e. The predicted octanol–water partition coefficient (Wildman–Crippen LogP) is 3.06. The van der Waals surface area contributed by atoms with Crippen LogP contribution in [0.25, 0.3) is 0 Å². The van der Waals surface area contributed by atoms with Gasteiger partial charge in [0.1, 0.15) is 17.8 Å². The van der Waals surface area contributed by atoms with Crippen molar-refractivity contribution in [2.24, 2.45) is 0 Å². The lowest BCUT2D eigenvalue weighted by Crippen LogP contribution is -2.53. The Hall–Kier alpha value is 0.0700. The molecule has 0 aromatic heterocycles. The minimum Gasteiger partial charge on any atom is -0.376 e. The Balaban J connectivity index is 2.21. The van der Waals surface area contributed by atoms with Crippen LogP contribution in [0, 0.1) is 0 Å². The molecule has 2 bridgehead atoms. The number of fused-ring (bicyclic) bond motifs is 2. The first-order chi connectivity index (χ1) is 9.68. The summed E-state index contributed by atoms with van der Waals surface area (Å²) in [5.74, 6) is 0. The Morgan fingerprint density at radius 2 is 2.00 bits per heavy atom. The Bertz CT molecular complexity index is 411. The van der Waals surface area contributed by atoms with Crippen LogP contribution in [0.15, 0.2) is 0 Å². The highest BCUT2D eigenvalue weighted by atomic mass is 31.2. The molecule has 2 saturated heterocycles. The molecule has 5 atom stereocenters. The number of rotatable bonds is 6. The second kappa shape index (κ2) is 6.29. The fourth-order valence-corrected chi connectivity index (χ4v) is 3.85. The first-order valence-corrected chi connectivity index (χ1v) is 9.99. The zero-order valence-electron chi connectivity index (χ0n) is 14.0. The van der Waals surface area contributed by atoms with E-state index in [0.717, 1.165) is 0 Å². The zero-order chi connectivity index (χ0) is 15.8. The van der Waals surface area contributed by atoms with E-state index in [1.54, 1.807) is 6.66 Å². The van der Waals surface area contributed by atoms with Gasteiger partial charge in [0.25, 0.3) is 0 Å². The van der Waals surface area contributed by atoms with Crippen molar-refractivity contribution in [1.82, 2.24) is 0 Å². The Kier molecular flexibility index (Phi) is 5.22. The highest BCUT2D eigenvalue weighted by Gasteiger charge is 2.59. The Morgan fingerprint density at radius 3 is 2.57 bits per heavy atom. The molecule has 0 radical (unpaired) electrons. The smallest absolute Gasteiger partial charge is 0.203 e. The van der Waals surface area contributed by atoms with Gasteiger partial charge >= 0.3 is 0 Å². The van der Waals surface area contributed by atoms with Gasteiger partial charge in [0, 0.05) is 18.7 Å². The predicted molar refractivity (Wildman–Crippen MR) is 82.3 cm³/mol. The van der Waals surface area contributed by atoms with Crippen LogP contribution in [-0.4, -0.2) is 55.6 Å². The SMILES string of the molecule is CC(C)OC[C@]12CCO[C@@H](C1OP(C)(=O)C(C)C)[C@H](C)O2. The van der Waals surface area contributed by atoms with E-state index in [1.807, 2.05) is 34.6 Å². The molecular formula is C15H29O5P. The van der Waals surface area contributed by atoms with Crippen LogP contribution in [0.5, 0.6) is 0 Å². The average Bonchev–Trinajstić information content (AvgIpc) is 2.53. The molecule has 0 amide bonds. The highest BCUT2D eigenvalue weighted by Crippen LogP contribution is 2.54. The molecule has 2 rings (SSSR count). The number of hydrogen-bond acceptors (Lipinski definition) is 5. The summed E-state index contributed by atoms with van der Waals surface area (Å²) in [5, 5.41) is 0. The van der Waals surface area contributed by atoms with Gasteiger partial charge in [0.2, 0.25) is 7.37 Å². The topological polar surface area (TPSA) is 54.0 Å². The van der Waals surface area contributed by atoms with Gasteiger partial charge in [-0.15, -0.1) is 0 Å². The van der Waals surface area contributed by atoms with E-state index in [4.69, 9.17) is 18.7 Å².